The first kappa shape index (κ1) is 13.0. The minimum absolute atomic E-state index is 0.262. The molecule has 0 aliphatic heterocycles. The van der Waals surface area contributed by atoms with Crippen molar-refractivity contribution in [3.8, 4) is 0 Å². The van der Waals surface area contributed by atoms with Crippen molar-refractivity contribution < 1.29 is 9.00 Å². The topological polar surface area (TPSA) is 86.9 Å². The zero-order valence-corrected chi connectivity index (χ0v) is 10.5. The fourth-order valence-corrected chi connectivity index (χ4v) is 2.20. The average Bonchev–Trinajstić information content (AvgIpc) is 2.70. The van der Waals surface area contributed by atoms with Crippen LogP contribution in [0.1, 0.15) is 5.82 Å². The fraction of sp³-hybridized carbons (Fsp3) is 0.500. The van der Waals surface area contributed by atoms with Gasteiger partial charge in [0.15, 0.2) is 0 Å². The predicted molar refractivity (Wildman–Crippen MR) is 65.4 cm³/mol. The standard InChI is InChI=1S/C8H14N4O2S2/c1-15-12-8(13)11-4-5-16(14)6-7-9-2-3-10-7/h2-3H,4-6H2,1H3,(H,9,10)(H2,11,12,13). The molecule has 0 fully saturated rings. The molecule has 90 valence electrons. The molecule has 16 heavy (non-hydrogen) atoms. The second-order valence-corrected chi connectivity index (χ2v) is 5.08. The van der Waals surface area contributed by atoms with Gasteiger partial charge >= 0.3 is 6.03 Å². The average molecular weight is 262 g/mol. The van der Waals surface area contributed by atoms with Gasteiger partial charge in [0, 0.05) is 41.7 Å². The van der Waals surface area contributed by atoms with Crippen LogP contribution in [-0.4, -0.2) is 38.8 Å². The fourth-order valence-electron chi connectivity index (χ4n) is 1.01. The van der Waals surface area contributed by atoms with Gasteiger partial charge in [0.1, 0.15) is 5.82 Å². The Morgan fingerprint density at radius 1 is 1.69 bits per heavy atom. The molecule has 6 nitrogen and oxygen atoms in total. The molecule has 3 N–H and O–H groups in total. The van der Waals surface area contributed by atoms with Crippen molar-refractivity contribution >= 4 is 28.8 Å². The van der Waals surface area contributed by atoms with Gasteiger partial charge in [-0.2, -0.15) is 0 Å². The van der Waals surface area contributed by atoms with Crippen molar-refractivity contribution in [1.82, 2.24) is 20.0 Å². The Kier molecular flexibility index (Phi) is 5.94. The van der Waals surface area contributed by atoms with Crippen LogP contribution in [0, 0.1) is 0 Å². The number of nitrogens with zero attached hydrogens (tertiary/aromatic N) is 1. The van der Waals surface area contributed by atoms with Crippen molar-refractivity contribution in [1.29, 1.82) is 0 Å². The summed E-state index contributed by atoms with van der Waals surface area (Å²) >= 11 is 1.22. The van der Waals surface area contributed by atoms with Crippen LogP contribution in [0.4, 0.5) is 4.79 Å². The first-order valence-electron chi connectivity index (χ1n) is 4.62. The highest BCUT2D eigenvalue weighted by molar-refractivity contribution is 7.97. The number of nitrogens with one attached hydrogen (secondary N) is 3. The molecule has 2 amide bonds. The Morgan fingerprint density at radius 3 is 3.12 bits per heavy atom. The highest BCUT2D eigenvalue weighted by Crippen LogP contribution is 1.95. The molecule has 0 aromatic carbocycles. The Morgan fingerprint density at radius 2 is 2.50 bits per heavy atom. The third kappa shape index (κ3) is 5.17. The molecule has 0 saturated heterocycles. The second-order valence-electron chi connectivity index (χ2n) is 2.89. The summed E-state index contributed by atoms with van der Waals surface area (Å²) < 4.78 is 14.0. The van der Waals surface area contributed by atoms with E-state index in [1.165, 1.54) is 11.9 Å². The second kappa shape index (κ2) is 7.29. The van der Waals surface area contributed by atoms with Crippen molar-refractivity contribution in [2.45, 2.75) is 5.75 Å². The first-order chi connectivity index (χ1) is 7.72. The molecule has 1 heterocycles. The van der Waals surface area contributed by atoms with E-state index >= 15 is 0 Å². The molecular formula is C8H14N4O2S2. The third-order valence-electron chi connectivity index (χ3n) is 1.66. The van der Waals surface area contributed by atoms with E-state index < -0.39 is 10.8 Å². The van der Waals surface area contributed by atoms with E-state index in [4.69, 9.17) is 0 Å². The maximum absolute atomic E-state index is 11.5. The number of urea groups is 1. The molecule has 0 aliphatic rings. The first-order valence-corrected chi connectivity index (χ1v) is 7.33. The number of carbonyl (C=O) groups is 1. The molecule has 0 aliphatic carbocycles. The van der Waals surface area contributed by atoms with Crippen molar-refractivity contribution in [3.05, 3.63) is 18.2 Å². The molecular weight excluding hydrogens is 248 g/mol. The number of aromatic amines is 1. The third-order valence-corrected chi connectivity index (χ3v) is 3.31. The number of aromatic nitrogens is 2. The van der Waals surface area contributed by atoms with E-state index in [2.05, 4.69) is 20.0 Å². The summed E-state index contributed by atoms with van der Waals surface area (Å²) in [6, 6.07) is -0.262. The predicted octanol–water partition coefficient (Wildman–Crippen LogP) is 0.236. The number of hydrogen-bond donors (Lipinski definition) is 3. The summed E-state index contributed by atoms with van der Waals surface area (Å²) in [4.78, 5) is 17.8. The smallest absolute Gasteiger partial charge is 0.324 e. The number of hydrogen-bond acceptors (Lipinski definition) is 4. The van der Waals surface area contributed by atoms with Crippen LogP contribution in [0.5, 0.6) is 0 Å². The van der Waals surface area contributed by atoms with E-state index in [0.717, 1.165) is 0 Å². The lowest BCUT2D eigenvalue weighted by atomic mass is 10.7. The van der Waals surface area contributed by atoms with Crippen LogP contribution in [-0.2, 0) is 16.6 Å². The molecule has 1 rings (SSSR count). The van der Waals surface area contributed by atoms with Crippen LogP contribution < -0.4 is 10.0 Å². The molecule has 8 heteroatoms. The number of H-pyrrole nitrogens is 1. The SMILES string of the molecule is CSNC(=O)NCCS(=O)Cc1ncc[nH]1. The van der Waals surface area contributed by atoms with Gasteiger partial charge < -0.3 is 10.3 Å². The normalized spacial score (nSPS) is 12.1. The van der Waals surface area contributed by atoms with E-state index in [1.807, 2.05) is 0 Å². The highest BCUT2D eigenvalue weighted by atomic mass is 32.2. The molecule has 0 spiro atoms. The van der Waals surface area contributed by atoms with Crippen LogP contribution in [0.15, 0.2) is 12.4 Å². The zero-order chi connectivity index (χ0) is 11.8. The molecule has 0 radical (unpaired) electrons. The van der Waals surface area contributed by atoms with Crippen molar-refractivity contribution in [3.63, 3.8) is 0 Å². The number of amides is 2. The van der Waals surface area contributed by atoms with Gasteiger partial charge in [-0.1, -0.05) is 11.9 Å². The van der Waals surface area contributed by atoms with Gasteiger partial charge in [-0.05, 0) is 0 Å². The Labute approximate surface area is 101 Å². The van der Waals surface area contributed by atoms with Gasteiger partial charge in [0.2, 0.25) is 0 Å². The largest absolute Gasteiger partial charge is 0.348 e. The van der Waals surface area contributed by atoms with Crippen molar-refractivity contribution in [2.24, 2.45) is 0 Å². The molecule has 1 aromatic heterocycles. The zero-order valence-electron chi connectivity index (χ0n) is 8.86. The van der Waals surface area contributed by atoms with Gasteiger partial charge in [0.05, 0.1) is 5.75 Å². The molecule has 1 atom stereocenters. The van der Waals surface area contributed by atoms with Crippen LogP contribution in [0.3, 0.4) is 0 Å². The van der Waals surface area contributed by atoms with E-state index in [0.29, 0.717) is 23.9 Å². The quantitative estimate of drug-likeness (QED) is 0.641. The van der Waals surface area contributed by atoms with Crippen molar-refractivity contribution in [2.75, 3.05) is 18.6 Å². The van der Waals surface area contributed by atoms with E-state index in [9.17, 15) is 9.00 Å². The monoisotopic (exact) mass is 262 g/mol. The summed E-state index contributed by atoms with van der Waals surface area (Å²) in [5, 5.41) is 2.60. The van der Waals surface area contributed by atoms with Gasteiger partial charge in [0.25, 0.3) is 0 Å². The van der Waals surface area contributed by atoms with E-state index in [-0.39, 0.29) is 6.03 Å². The van der Waals surface area contributed by atoms with Gasteiger partial charge in [-0.3, -0.25) is 8.93 Å². The Hall–Kier alpha value is -1.02. The molecule has 0 bridgehead atoms. The Bertz CT molecular complexity index is 342. The Balaban J connectivity index is 2.13. The number of imidazole rings is 1. The minimum Gasteiger partial charge on any atom is -0.348 e. The minimum atomic E-state index is -1.01. The van der Waals surface area contributed by atoms with Gasteiger partial charge in [-0.15, -0.1) is 0 Å². The summed E-state index contributed by atoms with van der Waals surface area (Å²) in [7, 11) is -1.01. The summed E-state index contributed by atoms with van der Waals surface area (Å²) in [6.07, 6.45) is 5.07. The summed E-state index contributed by atoms with van der Waals surface area (Å²) in [5.41, 5.74) is 0. The van der Waals surface area contributed by atoms with Crippen LogP contribution >= 0.6 is 11.9 Å². The lowest BCUT2D eigenvalue weighted by molar-refractivity contribution is 0.247. The molecule has 1 unspecified atom stereocenters. The lowest BCUT2D eigenvalue weighted by Gasteiger charge is -2.04. The summed E-state index contributed by atoms with van der Waals surface area (Å²) in [5.74, 6) is 1.51. The molecule has 0 saturated carbocycles. The lowest BCUT2D eigenvalue weighted by Crippen LogP contribution is -2.34. The maximum atomic E-state index is 11.5. The number of carbonyl (C=O) groups excluding carboxylic acids is 1. The number of rotatable bonds is 6. The maximum Gasteiger partial charge on any atom is 0.324 e. The van der Waals surface area contributed by atoms with Crippen LogP contribution in [0.25, 0.3) is 0 Å². The van der Waals surface area contributed by atoms with Crippen LogP contribution in [0.2, 0.25) is 0 Å². The highest BCUT2D eigenvalue weighted by Gasteiger charge is 2.04. The van der Waals surface area contributed by atoms with E-state index in [1.54, 1.807) is 18.6 Å². The van der Waals surface area contributed by atoms with Gasteiger partial charge in [-0.25, -0.2) is 9.78 Å². The molecule has 1 aromatic rings. The summed E-state index contributed by atoms with van der Waals surface area (Å²) in [6.45, 7) is 0.389.